The Bertz CT molecular complexity index is 225. The van der Waals surface area contributed by atoms with Gasteiger partial charge in [0.1, 0.15) is 5.78 Å². The van der Waals surface area contributed by atoms with Gasteiger partial charge in [-0.15, -0.1) is 0 Å². The predicted molar refractivity (Wildman–Crippen MR) is 54.9 cm³/mol. The molecule has 0 N–H and O–H groups in total. The number of ketones is 1. The average Bonchev–Trinajstić information content (AvgIpc) is 2.52. The maximum absolute atomic E-state index is 11.5. The van der Waals surface area contributed by atoms with E-state index >= 15 is 0 Å². The summed E-state index contributed by atoms with van der Waals surface area (Å²) < 4.78 is 0. The quantitative estimate of drug-likeness (QED) is 0.642. The van der Waals surface area contributed by atoms with Gasteiger partial charge in [-0.2, -0.15) is 0 Å². The van der Waals surface area contributed by atoms with Crippen LogP contribution in [0.15, 0.2) is 0 Å². The zero-order valence-electron chi connectivity index (χ0n) is 9.08. The normalized spacial score (nSPS) is 21.3. The Labute approximate surface area is 85.5 Å². The molecule has 0 bridgehead atoms. The fraction of sp³-hybridized carbons (Fsp3) is 0.818. The van der Waals surface area contributed by atoms with Crippen LogP contribution < -0.4 is 0 Å². The van der Waals surface area contributed by atoms with Crippen molar-refractivity contribution in [3.8, 4) is 0 Å². The van der Waals surface area contributed by atoms with E-state index in [2.05, 4.69) is 6.92 Å². The van der Waals surface area contributed by atoms with Gasteiger partial charge in [0.05, 0.1) is 6.42 Å². The van der Waals surface area contributed by atoms with E-state index in [-0.39, 0.29) is 18.1 Å². The third-order valence-corrected chi connectivity index (χ3v) is 2.74. The van der Waals surface area contributed by atoms with Crippen molar-refractivity contribution in [2.75, 3.05) is 13.1 Å². The van der Waals surface area contributed by atoms with Crippen LogP contribution in [-0.4, -0.2) is 29.7 Å². The van der Waals surface area contributed by atoms with Crippen molar-refractivity contribution in [2.24, 2.45) is 5.92 Å². The van der Waals surface area contributed by atoms with Gasteiger partial charge in [-0.05, 0) is 25.7 Å². The first-order valence-electron chi connectivity index (χ1n) is 5.40. The van der Waals surface area contributed by atoms with Gasteiger partial charge < -0.3 is 4.90 Å². The maximum atomic E-state index is 11.5. The fourth-order valence-corrected chi connectivity index (χ4v) is 2.03. The summed E-state index contributed by atoms with van der Waals surface area (Å²) in [6, 6.07) is 0. The molecular formula is C11H19NO2. The molecule has 0 saturated carbocycles. The van der Waals surface area contributed by atoms with Gasteiger partial charge >= 0.3 is 0 Å². The topological polar surface area (TPSA) is 37.4 Å². The number of carbonyl (C=O) groups excluding carboxylic acids is 2. The molecule has 14 heavy (non-hydrogen) atoms. The minimum Gasteiger partial charge on any atom is -0.342 e. The maximum Gasteiger partial charge on any atom is 0.230 e. The first-order valence-corrected chi connectivity index (χ1v) is 5.40. The first-order chi connectivity index (χ1) is 6.63. The second kappa shape index (κ2) is 5.13. The Morgan fingerprint density at radius 2 is 2.14 bits per heavy atom. The van der Waals surface area contributed by atoms with Crippen LogP contribution in [0.25, 0.3) is 0 Å². The summed E-state index contributed by atoms with van der Waals surface area (Å²) in [4.78, 5) is 24.1. The summed E-state index contributed by atoms with van der Waals surface area (Å²) in [6.07, 6.45) is 3.57. The molecule has 0 aliphatic carbocycles. The molecular weight excluding hydrogens is 178 g/mol. The van der Waals surface area contributed by atoms with Gasteiger partial charge in [0, 0.05) is 13.1 Å². The molecule has 1 aliphatic heterocycles. The Hall–Kier alpha value is -0.860. The van der Waals surface area contributed by atoms with Crippen molar-refractivity contribution in [3.63, 3.8) is 0 Å². The zero-order valence-corrected chi connectivity index (χ0v) is 9.08. The number of likely N-dealkylation sites (tertiary alicyclic amines) is 1. The van der Waals surface area contributed by atoms with Crippen molar-refractivity contribution in [3.05, 3.63) is 0 Å². The van der Waals surface area contributed by atoms with Crippen molar-refractivity contribution >= 4 is 11.7 Å². The van der Waals surface area contributed by atoms with Crippen molar-refractivity contribution in [2.45, 2.75) is 39.5 Å². The number of hydrogen-bond acceptors (Lipinski definition) is 2. The van der Waals surface area contributed by atoms with Gasteiger partial charge in [-0.1, -0.05) is 13.3 Å². The highest BCUT2D eigenvalue weighted by Gasteiger charge is 2.25. The summed E-state index contributed by atoms with van der Waals surface area (Å²) in [7, 11) is 0. The van der Waals surface area contributed by atoms with E-state index in [0.717, 1.165) is 19.5 Å². The SMILES string of the molecule is CCCC1CCN(C(=O)CC(C)=O)C1. The number of nitrogens with zero attached hydrogens (tertiary/aromatic N) is 1. The van der Waals surface area contributed by atoms with Crippen molar-refractivity contribution in [1.29, 1.82) is 0 Å². The third-order valence-electron chi connectivity index (χ3n) is 2.74. The monoisotopic (exact) mass is 197 g/mol. The molecule has 0 aromatic heterocycles. The molecule has 1 saturated heterocycles. The predicted octanol–water partition coefficient (Wildman–Crippen LogP) is 1.61. The lowest BCUT2D eigenvalue weighted by Gasteiger charge is -2.15. The number of hydrogen-bond donors (Lipinski definition) is 0. The van der Waals surface area contributed by atoms with E-state index in [9.17, 15) is 9.59 Å². The van der Waals surface area contributed by atoms with Gasteiger partial charge in [0.15, 0.2) is 0 Å². The Morgan fingerprint density at radius 1 is 1.43 bits per heavy atom. The lowest BCUT2D eigenvalue weighted by molar-refractivity contribution is -0.134. The van der Waals surface area contributed by atoms with E-state index in [1.54, 1.807) is 0 Å². The molecule has 1 aliphatic rings. The van der Waals surface area contributed by atoms with Crippen LogP contribution in [0.5, 0.6) is 0 Å². The van der Waals surface area contributed by atoms with Crippen LogP contribution in [0.3, 0.4) is 0 Å². The second-order valence-electron chi connectivity index (χ2n) is 4.16. The molecule has 3 heteroatoms. The number of carbonyl (C=O) groups is 2. The van der Waals surface area contributed by atoms with Gasteiger partial charge in [0.2, 0.25) is 5.91 Å². The van der Waals surface area contributed by atoms with E-state index < -0.39 is 0 Å². The number of rotatable bonds is 4. The molecule has 1 rings (SSSR count). The molecule has 0 aromatic rings. The highest BCUT2D eigenvalue weighted by molar-refractivity contribution is 5.96. The summed E-state index contributed by atoms with van der Waals surface area (Å²) >= 11 is 0. The smallest absolute Gasteiger partial charge is 0.230 e. The molecule has 1 unspecified atom stereocenters. The fourth-order valence-electron chi connectivity index (χ4n) is 2.03. The van der Waals surface area contributed by atoms with E-state index in [4.69, 9.17) is 0 Å². The lowest BCUT2D eigenvalue weighted by Crippen LogP contribution is -2.29. The average molecular weight is 197 g/mol. The molecule has 1 amide bonds. The minimum absolute atomic E-state index is 0.0103. The Morgan fingerprint density at radius 3 is 2.71 bits per heavy atom. The first kappa shape index (κ1) is 11.2. The van der Waals surface area contributed by atoms with Crippen LogP contribution in [0.2, 0.25) is 0 Å². The highest BCUT2D eigenvalue weighted by Crippen LogP contribution is 2.21. The van der Waals surface area contributed by atoms with Crippen LogP contribution in [-0.2, 0) is 9.59 Å². The number of amides is 1. The van der Waals surface area contributed by atoms with Crippen molar-refractivity contribution < 1.29 is 9.59 Å². The summed E-state index contributed by atoms with van der Waals surface area (Å²) in [5.74, 6) is 0.640. The van der Waals surface area contributed by atoms with Gasteiger partial charge in [-0.3, -0.25) is 9.59 Å². The number of Topliss-reactive ketones (excluding diaryl/α,β-unsaturated/α-hetero) is 1. The van der Waals surface area contributed by atoms with Crippen LogP contribution in [0.1, 0.15) is 39.5 Å². The molecule has 80 valence electrons. The summed E-state index contributed by atoms with van der Waals surface area (Å²) in [5.41, 5.74) is 0. The lowest BCUT2D eigenvalue weighted by atomic mass is 10.0. The van der Waals surface area contributed by atoms with Gasteiger partial charge in [-0.25, -0.2) is 0 Å². The molecule has 1 fully saturated rings. The molecule has 0 radical (unpaired) electrons. The van der Waals surface area contributed by atoms with Crippen LogP contribution in [0.4, 0.5) is 0 Å². The highest BCUT2D eigenvalue weighted by atomic mass is 16.2. The van der Waals surface area contributed by atoms with E-state index in [1.807, 2.05) is 4.90 Å². The van der Waals surface area contributed by atoms with Crippen LogP contribution in [0, 0.1) is 5.92 Å². The summed E-state index contributed by atoms with van der Waals surface area (Å²) in [5, 5.41) is 0. The Balaban J connectivity index is 2.34. The second-order valence-corrected chi connectivity index (χ2v) is 4.16. The Kier molecular flexibility index (Phi) is 4.11. The molecule has 0 spiro atoms. The largest absolute Gasteiger partial charge is 0.342 e. The zero-order chi connectivity index (χ0) is 10.6. The molecule has 0 aromatic carbocycles. The van der Waals surface area contributed by atoms with E-state index in [0.29, 0.717) is 5.92 Å². The van der Waals surface area contributed by atoms with Crippen molar-refractivity contribution in [1.82, 2.24) is 4.90 Å². The van der Waals surface area contributed by atoms with Gasteiger partial charge in [0.25, 0.3) is 0 Å². The van der Waals surface area contributed by atoms with Crippen LogP contribution >= 0.6 is 0 Å². The molecule has 1 atom stereocenters. The third kappa shape index (κ3) is 3.13. The standard InChI is InChI=1S/C11H19NO2/c1-3-4-10-5-6-12(8-10)11(14)7-9(2)13/h10H,3-8H2,1-2H3. The summed E-state index contributed by atoms with van der Waals surface area (Å²) in [6.45, 7) is 5.34. The van der Waals surface area contributed by atoms with E-state index in [1.165, 1.54) is 19.8 Å². The minimum atomic E-state index is -0.0334. The molecule has 1 heterocycles. The molecule has 3 nitrogen and oxygen atoms in total.